The number of aliphatic hydroxyl groups is 1. The van der Waals surface area contributed by atoms with Crippen LogP contribution < -0.4 is 0 Å². The van der Waals surface area contributed by atoms with Crippen molar-refractivity contribution in [1.29, 1.82) is 0 Å². The maximum absolute atomic E-state index is 9.42. The molecule has 0 aromatic carbocycles. The second-order valence-electron chi connectivity index (χ2n) is 0.766. The minimum Gasteiger partial charge on any atom is -0.377 e. The lowest BCUT2D eigenvalue weighted by Gasteiger charge is -1.82. The quantitative estimate of drug-likeness (QED) is 0.414. The van der Waals surface area contributed by atoms with Crippen LogP contribution in [0.3, 0.4) is 0 Å². The van der Waals surface area contributed by atoms with E-state index in [1.165, 1.54) is 0 Å². The molecule has 0 aliphatic heterocycles. The third-order valence-corrected chi connectivity index (χ3v) is 0.730. The Morgan fingerprint density at radius 1 is 1.67 bits per heavy atom. The van der Waals surface area contributed by atoms with Gasteiger partial charge in [0.05, 0.1) is 0 Å². The van der Waals surface area contributed by atoms with Gasteiger partial charge in [-0.05, 0) is 6.92 Å². The molecule has 0 saturated heterocycles. The molecule has 4 heteroatoms. The normalized spacial score (nSPS) is 15.2. The van der Waals surface area contributed by atoms with Gasteiger partial charge in [-0.25, -0.2) is 8.42 Å². The van der Waals surface area contributed by atoms with Gasteiger partial charge in [-0.2, -0.15) is 0 Å². The highest BCUT2D eigenvalue weighted by atomic mass is 32.2. The molecule has 0 aliphatic rings. The highest BCUT2D eigenvalue weighted by Crippen LogP contribution is 1.72. The van der Waals surface area contributed by atoms with Gasteiger partial charge in [-0.1, -0.05) is 0 Å². The minimum absolute atomic E-state index is 1.44. The van der Waals surface area contributed by atoms with Crippen LogP contribution in [0.4, 0.5) is 0 Å². The second-order valence-corrected chi connectivity index (χ2v) is 1.93. The summed E-state index contributed by atoms with van der Waals surface area (Å²) in [4.78, 5) is 0. The molecule has 1 radical (unpaired) electrons. The summed E-state index contributed by atoms with van der Waals surface area (Å²) < 4.78 is 18.8. The Labute approximate surface area is 37.6 Å². The molecule has 0 bridgehead atoms. The Kier molecular flexibility index (Phi) is 2.12. The monoisotopic (exact) mass is 109 g/mol. The topological polar surface area (TPSA) is 54.4 Å². The van der Waals surface area contributed by atoms with Crippen LogP contribution in [-0.2, 0) is 10.7 Å². The molecule has 0 spiro atoms. The molecule has 0 fully saturated rings. The van der Waals surface area contributed by atoms with Crippen molar-refractivity contribution >= 4 is 10.7 Å². The first-order valence-corrected chi connectivity index (χ1v) is 2.54. The van der Waals surface area contributed by atoms with E-state index in [0.717, 1.165) is 0 Å². The van der Waals surface area contributed by atoms with Crippen LogP contribution in [0, 0.1) is 6.92 Å². The lowest BCUT2D eigenvalue weighted by molar-refractivity contribution is 0.296. The zero-order chi connectivity index (χ0) is 5.15. The summed E-state index contributed by atoms with van der Waals surface area (Å²) in [6.45, 7) is 2.80. The molecular weight excluding hydrogens is 104 g/mol. The molecule has 0 amide bonds. The van der Waals surface area contributed by atoms with Crippen molar-refractivity contribution in [3.05, 3.63) is 6.92 Å². The van der Waals surface area contributed by atoms with Crippen LogP contribution in [0.2, 0.25) is 0 Å². The van der Waals surface area contributed by atoms with E-state index in [2.05, 4.69) is 6.92 Å². The summed E-state index contributed by atoms with van der Waals surface area (Å²) in [6, 6.07) is 0. The molecule has 6 heavy (non-hydrogen) atoms. The highest BCUT2D eigenvalue weighted by molar-refractivity contribution is 7.73. The summed E-state index contributed by atoms with van der Waals surface area (Å²) in [5.74, 6) is 0. The maximum Gasteiger partial charge on any atom is 0.166 e. The second kappa shape index (κ2) is 2.15. The predicted octanol–water partition coefficient (Wildman–Crippen LogP) is -1.25. The van der Waals surface area contributed by atoms with Crippen molar-refractivity contribution in [2.24, 2.45) is 0 Å². The van der Waals surface area contributed by atoms with Gasteiger partial charge in [0, 0.05) is 0 Å². The molecule has 0 aromatic rings. The van der Waals surface area contributed by atoms with Gasteiger partial charge < -0.3 is 5.11 Å². The van der Waals surface area contributed by atoms with E-state index in [9.17, 15) is 8.42 Å². The number of hydrogen-bond acceptors (Lipinski definition) is 3. The lowest BCUT2D eigenvalue weighted by atomic mass is 10.9. The van der Waals surface area contributed by atoms with Crippen LogP contribution >= 0.6 is 0 Å². The summed E-state index contributed by atoms with van der Waals surface area (Å²) in [6.07, 6.45) is 0. The van der Waals surface area contributed by atoms with Crippen molar-refractivity contribution in [1.82, 2.24) is 0 Å². The fourth-order valence-corrected chi connectivity index (χ4v) is 0. The molecule has 37 valence electrons. The Morgan fingerprint density at radius 3 is 1.83 bits per heavy atom. The van der Waals surface area contributed by atoms with E-state index in [-0.39, 0.29) is 0 Å². The molecule has 0 heterocycles. The van der Waals surface area contributed by atoms with Gasteiger partial charge in [0.1, 0.15) is 0 Å². The molecule has 1 atom stereocenters. The van der Waals surface area contributed by atoms with Gasteiger partial charge in [0.2, 0.25) is 0 Å². The molecule has 0 rings (SSSR count). The largest absolute Gasteiger partial charge is 0.377 e. The summed E-state index contributed by atoms with van der Waals surface area (Å²) in [7, 11) is -2.72. The molecule has 0 saturated carbocycles. The SMILES string of the molecule is [CH2]C(O)[SH](=O)=O. The number of rotatable bonds is 1. The number of aliphatic hydroxyl groups excluding tert-OH is 1. The van der Waals surface area contributed by atoms with E-state index in [0.29, 0.717) is 0 Å². The van der Waals surface area contributed by atoms with E-state index in [1.807, 2.05) is 0 Å². The van der Waals surface area contributed by atoms with Gasteiger partial charge >= 0.3 is 0 Å². The van der Waals surface area contributed by atoms with E-state index in [4.69, 9.17) is 5.11 Å². The van der Waals surface area contributed by atoms with Gasteiger partial charge in [0.15, 0.2) is 16.1 Å². The molecule has 3 nitrogen and oxygen atoms in total. The van der Waals surface area contributed by atoms with Crippen molar-refractivity contribution in [3.63, 3.8) is 0 Å². The third kappa shape index (κ3) is 2.17. The average molecular weight is 109 g/mol. The van der Waals surface area contributed by atoms with Crippen molar-refractivity contribution in [3.8, 4) is 0 Å². The van der Waals surface area contributed by atoms with Crippen LogP contribution in [0.15, 0.2) is 0 Å². The van der Waals surface area contributed by atoms with Gasteiger partial charge in [0.25, 0.3) is 0 Å². The molecule has 1 N–H and O–H groups in total. The minimum atomic E-state index is -2.72. The summed E-state index contributed by atoms with van der Waals surface area (Å²) in [5.41, 5.74) is -1.44. The zero-order valence-electron chi connectivity index (χ0n) is 3.00. The number of thiol groups is 1. The summed E-state index contributed by atoms with van der Waals surface area (Å²) >= 11 is 0. The average Bonchev–Trinajstić information content (AvgIpc) is 1.36. The molecule has 0 aromatic heterocycles. The first kappa shape index (κ1) is 5.91. The standard InChI is InChI=1S/C2H5O3S/c1-2(3)6(4)5/h2-3,6H,1H2. The van der Waals surface area contributed by atoms with Crippen molar-refractivity contribution < 1.29 is 13.5 Å². The van der Waals surface area contributed by atoms with Gasteiger partial charge in [-0.15, -0.1) is 0 Å². The van der Waals surface area contributed by atoms with Crippen LogP contribution in [0.1, 0.15) is 0 Å². The Balaban J connectivity index is 3.57. The fraction of sp³-hybridized carbons (Fsp3) is 0.500. The molecule has 1 unspecified atom stereocenters. The third-order valence-electron chi connectivity index (χ3n) is 0.243. The maximum atomic E-state index is 9.42. The van der Waals surface area contributed by atoms with Crippen LogP contribution in [0.25, 0.3) is 0 Å². The van der Waals surface area contributed by atoms with Crippen molar-refractivity contribution in [2.75, 3.05) is 0 Å². The smallest absolute Gasteiger partial charge is 0.166 e. The molecular formula is C2H5O3S. The van der Waals surface area contributed by atoms with Gasteiger partial charge in [-0.3, -0.25) is 0 Å². The van der Waals surface area contributed by atoms with Crippen LogP contribution in [0.5, 0.6) is 0 Å². The fourth-order valence-electron chi connectivity index (χ4n) is 0. The Morgan fingerprint density at radius 2 is 1.83 bits per heavy atom. The highest BCUT2D eigenvalue weighted by Gasteiger charge is 1.90. The van der Waals surface area contributed by atoms with E-state index < -0.39 is 16.1 Å². The molecule has 0 aliphatic carbocycles. The first-order valence-electron chi connectivity index (χ1n) is 1.29. The number of hydrogen-bond donors (Lipinski definition) is 2. The predicted molar refractivity (Wildman–Crippen MR) is 21.7 cm³/mol. The first-order chi connectivity index (χ1) is 2.64. The van der Waals surface area contributed by atoms with E-state index in [1.54, 1.807) is 0 Å². The van der Waals surface area contributed by atoms with E-state index >= 15 is 0 Å². The lowest BCUT2D eigenvalue weighted by Crippen LogP contribution is -1.99. The Hall–Kier alpha value is -0.0900. The Bertz CT molecular complexity index is 85.0. The zero-order valence-corrected chi connectivity index (χ0v) is 3.89. The van der Waals surface area contributed by atoms with Crippen LogP contribution in [-0.4, -0.2) is 19.0 Å². The summed E-state index contributed by atoms with van der Waals surface area (Å²) in [5, 5.41) is 7.92. The van der Waals surface area contributed by atoms with Crippen molar-refractivity contribution in [2.45, 2.75) is 5.44 Å².